The number of para-hydroxylation sites is 2. The van der Waals surface area contributed by atoms with Crippen molar-refractivity contribution in [2.75, 3.05) is 5.32 Å². The lowest BCUT2D eigenvalue weighted by molar-refractivity contribution is 0.102. The second-order valence-corrected chi connectivity index (χ2v) is 5.80. The molecule has 7 heteroatoms. The Balaban J connectivity index is 1.62. The molecule has 0 saturated carbocycles. The van der Waals surface area contributed by atoms with Crippen LogP contribution in [0.25, 0.3) is 0 Å². The van der Waals surface area contributed by atoms with E-state index >= 15 is 0 Å². The Morgan fingerprint density at radius 1 is 1.28 bits per heavy atom. The SMILES string of the molecule is Cc1cc(OCn2ccc(C(=O)Nc3ccccc3O)n2)ccc1Cl. The van der Waals surface area contributed by atoms with Gasteiger partial charge in [-0.3, -0.25) is 4.79 Å². The normalized spacial score (nSPS) is 10.5. The highest BCUT2D eigenvalue weighted by Gasteiger charge is 2.12. The van der Waals surface area contributed by atoms with Crippen molar-refractivity contribution in [1.82, 2.24) is 9.78 Å². The molecule has 1 heterocycles. The van der Waals surface area contributed by atoms with Crippen LogP contribution in [0, 0.1) is 6.92 Å². The number of hydrogen-bond donors (Lipinski definition) is 2. The standard InChI is InChI=1S/C18H16ClN3O3/c1-12-10-13(6-7-14(12)19)25-11-22-9-8-16(21-22)18(24)20-15-4-2-3-5-17(15)23/h2-10,23H,11H2,1H3,(H,20,24). The van der Waals surface area contributed by atoms with Crippen molar-refractivity contribution in [3.05, 3.63) is 71.0 Å². The van der Waals surface area contributed by atoms with Crippen LogP contribution in [-0.4, -0.2) is 20.8 Å². The summed E-state index contributed by atoms with van der Waals surface area (Å²) in [6.07, 6.45) is 1.64. The van der Waals surface area contributed by atoms with E-state index in [-0.39, 0.29) is 18.2 Å². The van der Waals surface area contributed by atoms with Crippen molar-refractivity contribution in [3.63, 3.8) is 0 Å². The zero-order valence-electron chi connectivity index (χ0n) is 13.4. The van der Waals surface area contributed by atoms with Gasteiger partial charge in [0.15, 0.2) is 12.4 Å². The Kier molecular flexibility index (Phi) is 4.90. The molecule has 6 nitrogen and oxygen atoms in total. The first-order chi connectivity index (χ1) is 12.0. The van der Waals surface area contributed by atoms with Gasteiger partial charge in [-0.05, 0) is 48.9 Å². The summed E-state index contributed by atoms with van der Waals surface area (Å²) in [6, 6.07) is 13.4. The van der Waals surface area contributed by atoms with Crippen LogP contribution in [0.5, 0.6) is 11.5 Å². The third-order valence-electron chi connectivity index (χ3n) is 3.52. The molecule has 0 unspecified atom stereocenters. The predicted octanol–water partition coefficient (Wildman–Crippen LogP) is 3.84. The van der Waals surface area contributed by atoms with Crippen molar-refractivity contribution in [2.24, 2.45) is 0 Å². The fourth-order valence-corrected chi connectivity index (χ4v) is 2.29. The molecule has 3 rings (SSSR count). The molecule has 25 heavy (non-hydrogen) atoms. The fourth-order valence-electron chi connectivity index (χ4n) is 2.17. The van der Waals surface area contributed by atoms with E-state index in [0.29, 0.717) is 16.5 Å². The van der Waals surface area contributed by atoms with E-state index in [2.05, 4.69) is 10.4 Å². The van der Waals surface area contributed by atoms with Gasteiger partial charge in [0.05, 0.1) is 5.69 Å². The van der Waals surface area contributed by atoms with Gasteiger partial charge in [-0.2, -0.15) is 5.10 Å². The van der Waals surface area contributed by atoms with Crippen LogP contribution in [0.4, 0.5) is 5.69 Å². The molecule has 0 aliphatic rings. The quantitative estimate of drug-likeness (QED) is 0.680. The Bertz CT molecular complexity index is 908. The number of halogens is 1. The van der Waals surface area contributed by atoms with Gasteiger partial charge in [0, 0.05) is 11.2 Å². The summed E-state index contributed by atoms with van der Waals surface area (Å²) in [5.41, 5.74) is 1.47. The molecule has 128 valence electrons. The van der Waals surface area contributed by atoms with E-state index in [1.54, 1.807) is 42.6 Å². The fraction of sp³-hybridized carbons (Fsp3) is 0.111. The van der Waals surface area contributed by atoms with E-state index in [4.69, 9.17) is 16.3 Å². The first-order valence-corrected chi connectivity index (χ1v) is 7.92. The molecule has 0 aliphatic heterocycles. The average molecular weight is 358 g/mol. The molecule has 2 N–H and O–H groups in total. The highest BCUT2D eigenvalue weighted by atomic mass is 35.5. The van der Waals surface area contributed by atoms with Gasteiger partial charge in [-0.1, -0.05) is 23.7 Å². The highest BCUT2D eigenvalue weighted by Crippen LogP contribution is 2.22. The lowest BCUT2D eigenvalue weighted by Crippen LogP contribution is -2.14. The number of carbonyl (C=O) groups excluding carboxylic acids is 1. The lowest BCUT2D eigenvalue weighted by atomic mass is 10.2. The predicted molar refractivity (Wildman–Crippen MR) is 95.1 cm³/mol. The zero-order valence-corrected chi connectivity index (χ0v) is 14.2. The summed E-state index contributed by atoms with van der Waals surface area (Å²) >= 11 is 5.98. The number of benzene rings is 2. The number of anilines is 1. The summed E-state index contributed by atoms with van der Waals surface area (Å²) in [5.74, 6) is 0.247. The largest absolute Gasteiger partial charge is 0.506 e. The number of aryl methyl sites for hydroxylation is 1. The average Bonchev–Trinajstić information content (AvgIpc) is 3.07. The first kappa shape index (κ1) is 16.9. The van der Waals surface area contributed by atoms with E-state index in [9.17, 15) is 9.90 Å². The minimum absolute atomic E-state index is 0.00303. The maximum Gasteiger partial charge on any atom is 0.276 e. The number of phenols is 1. The van der Waals surface area contributed by atoms with Crippen molar-refractivity contribution in [2.45, 2.75) is 13.7 Å². The molecule has 0 saturated heterocycles. The van der Waals surface area contributed by atoms with E-state index in [1.807, 2.05) is 13.0 Å². The van der Waals surface area contributed by atoms with Crippen molar-refractivity contribution in [3.8, 4) is 11.5 Å². The Morgan fingerprint density at radius 3 is 2.84 bits per heavy atom. The molecule has 0 radical (unpaired) electrons. The van der Waals surface area contributed by atoms with Crippen LogP contribution in [0.3, 0.4) is 0 Å². The van der Waals surface area contributed by atoms with Crippen LogP contribution < -0.4 is 10.1 Å². The Hall–Kier alpha value is -2.99. The number of phenolic OH excluding ortho intramolecular Hbond substituents is 1. The summed E-state index contributed by atoms with van der Waals surface area (Å²) in [5, 5.41) is 17.1. The highest BCUT2D eigenvalue weighted by molar-refractivity contribution is 6.31. The van der Waals surface area contributed by atoms with Crippen molar-refractivity contribution >= 4 is 23.2 Å². The molecule has 0 aliphatic carbocycles. The number of hydrogen-bond acceptors (Lipinski definition) is 4. The summed E-state index contributed by atoms with van der Waals surface area (Å²) in [6.45, 7) is 2.05. The minimum atomic E-state index is -0.414. The molecule has 3 aromatic rings. The van der Waals surface area contributed by atoms with Gasteiger partial charge in [0.2, 0.25) is 0 Å². The van der Waals surface area contributed by atoms with Crippen molar-refractivity contribution in [1.29, 1.82) is 0 Å². The molecule has 1 amide bonds. The number of carbonyl (C=O) groups is 1. The molecule has 0 spiro atoms. The molecule has 0 fully saturated rings. The molecule has 0 bridgehead atoms. The van der Waals surface area contributed by atoms with Crippen LogP contribution in [-0.2, 0) is 6.73 Å². The van der Waals surface area contributed by atoms with E-state index in [1.165, 1.54) is 10.7 Å². The Morgan fingerprint density at radius 2 is 2.08 bits per heavy atom. The number of amides is 1. The minimum Gasteiger partial charge on any atom is -0.506 e. The third-order valence-corrected chi connectivity index (χ3v) is 3.94. The third kappa shape index (κ3) is 4.10. The number of aromatic nitrogens is 2. The first-order valence-electron chi connectivity index (χ1n) is 7.54. The van der Waals surface area contributed by atoms with E-state index in [0.717, 1.165) is 5.56 Å². The molecular formula is C18H16ClN3O3. The number of ether oxygens (including phenoxy) is 1. The molecule has 1 aromatic heterocycles. The van der Waals surface area contributed by atoms with Gasteiger partial charge in [0.1, 0.15) is 11.5 Å². The van der Waals surface area contributed by atoms with Crippen LogP contribution >= 0.6 is 11.6 Å². The van der Waals surface area contributed by atoms with Gasteiger partial charge in [0.25, 0.3) is 5.91 Å². The topological polar surface area (TPSA) is 76.4 Å². The number of aromatic hydroxyl groups is 1. The Labute approximate surface area is 149 Å². The number of nitrogens with zero attached hydrogens (tertiary/aromatic N) is 2. The summed E-state index contributed by atoms with van der Waals surface area (Å²) in [7, 11) is 0. The number of nitrogens with one attached hydrogen (secondary N) is 1. The van der Waals surface area contributed by atoms with Crippen molar-refractivity contribution < 1.29 is 14.6 Å². The summed E-state index contributed by atoms with van der Waals surface area (Å²) < 4.78 is 7.13. The maximum atomic E-state index is 12.2. The van der Waals surface area contributed by atoms with E-state index < -0.39 is 5.91 Å². The maximum absolute atomic E-state index is 12.2. The van der Waals surface area contributed by atoms with Gasteiger partial charge >= 0.3 is 0 Å². The molecular weight excluding hydrogens is 342 g/mol. The van der Waals surface area contributed by atoms with Crippen LogP contribution in [0.2, 0.25) is 5.02 Å². The smallest absolute Gasteiger partial charge is 0.276 e. The zero-order chi connectivity index (χ0) is 17.8. The summed E-state index contributed by atoms with van der Waals surface area (Å²) in [4.78, 5) is 12.2. The lowest BCUT2D eigenvalue weighted by Gasteiger charge is -2.08. The molecule has 0 atom stereocenters. The van der Waals surface area contributed by atoms with Crippen LogP contribution in [0.15, 0.2) is 54.7 Å². The monoisotopic (exact) mass is 357 g/mol. The molecule has 2 aromatic carbocycles. The van der Waals surface area contributed by atoms with Gasteiger partial charge < -0.3 is 15.2 Å². The second kappa shape index (κ2) is 7.27. The number of rotatable bonds is 5. The second-order valence-electron chi connectivity index (χ2n) is 5.40. The van der Waals surface area contributed by atoms with Gasteiger partial charge in [-0.15, -0.1) is 0 Å². The van der Waals surface area contributed by atoms with Gasteiger partial charge in [-0.25, -0.2) is 4.68 Å². The van der Waals surface area contributed by atoms with Crippen LogP contribution in [0.1, 0.15) is 16.1 Å².